The fourth-order valence-electron chi connectivity index (χ4n) is 2.33. The molecule has 0 unspecified atom stereocenters. The van der Waals surface area contributed by atoms with Crippen molar-refractivity contribution < 1.29 is 0 Å². The Morgan fingerprint density at radius 1 is 1.06 bits per heavy atom. The second kappa shape index (κ2) is 4.73. The summed E-state index contributed by atoms with van der Waals surface area (Å²) in [7, 11) is 2.17. The van der Waals surface area contributed by atoms with E-state index in [1.807, 2.05) is 0 Å². The monoisotopic (exact) mass is 233 g/mol. The largest absolute Gasteiger partial charge is 0.302 e. The van der Waals surface area contributed by atoms with Gasteiger partial charge in [0.25, 0.3) is 0 Å². The highest BCUT2D eigenvalue weighted by Gasteiger charge is 2.22. The van der Waals surface area contributed by atoms with Gasteiger partial charge in [0, 0.05) is 31.0 Å². The second-order valence-corrected chi connectivity index (χ2v) is 5.69. The van der Waals surface area contributed by atoms with E-state index in [0.717, 1.165) is 25.3 Å². The van der Waals surface area contributed by atoms with Crippen LogP contribution in [0.2, 0.25) is 0 Å². The maximum Gasteiger partial charge on any atom is 0.131 e. The summed E-state index contributed by atoms with van der Waals surface area (Å²) in [5.74, 6) is 1.91. The average molecular weight is 233 g/mol. The Kier molecular flexibility index (Phi) is 3.48. The molecule has 0 atom stereocenters. The molecule has 0 bridgehead atoms. The standard InChI is InChI=1S/C14H23N3/c1-9(2)13-11-8-17(5)7-6-12(11)15-14(16-13)10(3)4/h9-10H,6-8H2,1-5H3. The molecule has 0 aliphatic carbocycles. The summed E-state index contributed by atoms with van der Waals surface area (Å²) in [5.41, 5.74) is 3.91. The molecule has 94 valence electrons. The normalized spacial score (nSPS) is 16.6. The molecule has 0 spiro atoms. The van der Waals surface area contributed by atoms with E-state index in [4.69, 9.17) is 9.97 Å². The Labute approximate surface area is 104 Å². The highest BCUT2D eigenvalue weighted by atomic mass is 15.1. The van der Waals surface area contributed by atoms with Gasteiger partial charge in [0.05, 0.1) is 11.4 Å². The van der Waals surface area contributed by atoms with Gasteiger partial charge in [-0.3, -0.25) is 0 Å². The van der Waals surface area contributed by atoms with E-state index in [1.165, 1.54) is 17.0 Å². The molecular weight excluding hydrogens is 210 g/mol. The zero-order valence-corrected chi connectivity index (χ0v) is 11.6. The fraction of sp³-hybridized carbons (Fsp3) is 0.714. The van der Waals surface area contributed by atoms with Crippen LogP contribution < -0.4 is 0 Å². The molecule has 1 aliphatic rings. The van der Waals surface area contributed by atoms with Gasteiger partial charge >= 0.3 is 0 Å². The number of hydrogen-bond acceptors (Lipinski definition) is 3. The molecule has 1 aliphatic heterocycles. The molecule has 0 amide bonds. The Morgan fingerprint density at radius 3 is 2.35 bits per heavy atom. The van der Waals surface area contributed by atoms with Crippen molar-refractivity contribution in [2.24, 2.45) is 0 Å². The summed E-state index contributed by atoms with van der Waals surface area (Å²) in [4.78, 5) is 11.9. The molecule has 3 nitrogen and oxygen atoms in total. The molecule has 2 heterocycles. The van der Waals surface area contributed by atoms with Crippen molar-refractivity contribution in [3.63, 3.8) is 0 Å². The molecule has 0 fully saturated rings. The highest BCUT2D eigenvalue weighted by Crippen LogP contribution is 2.26. The first kappa shape index (κ1) is 12.5. The van der Waals surface area contributed by atoms with Crippen molar-refractivity contribution in [2.75, 3.05) is 13.6 Å². The Morgan fingerprint density at radius 2 is 1.76 bits per heavy atom. The van der Waals surface area contributed by atoms with Crippen LogP contribution in [0.5, 0.6) is 0 Å². The lowest BCUT2D eigenvalue weighted by Gasteiger charge is -2.27. The average Bonchev–Trinajstić information content (AvgIpc) is 2.27. The van der Waals surface area contributed by atoms with Crippen LogP contribution in [0.4, 0.5) is 0 Å². The Bertz CT molecular complexity index is 410. The summed E-state index contributed by atoms with van der Waals surface area (Å²) >= 11 is 0. The smallest absolute Gasteiger partial charge is 0.131 e. The molecule has 1 aromatic heterocycles. The lowest BCUT2D eigenvalue weighted by molar-refractivity contribution is 0.306. The maximum atomic E-state index is 4.78. The third-order valence-electron chi connectivity index (χ3n) is 3.36. The van der Waals surface area contributed by atoms with E-state index >= 15 is 0 Å². The first-order valence-corrected chi connectivity index (χ1v) is 6.57. The molecule has 1 aromatic rings. The van der Waals surface area contributed by atoms with Crippen molar-refractivity contribution >= 4 is 0 Å². The van der Waals surface area contributed by atoms with Crippen molar-refractivity contribution in [1.82, 2.24) is 14.9 Å². The Balaban J connectivity index is 2.51. The first-order valence-electron chi connectivity index (χ1n) is 6.57. The summed E-state index contributed by atoms with van der Waals surface area (Å²) in [6, 6.07) is 0. The van der Waals surface area contributed by atoms with Gasteiger partial charge in [0.2, 0.25) is 0 Å². The molecule has 17 heavy (non-hydrogen) atoms. The molecule has 0 aromatic carbocycles. The van der Waals surface area contributed by atoms with Gasteiger partial charge in [-0.1, -0.05) is 27.7 Å². The van der Waals surface area contributed by atoms with E-state index in [9.17, 15) is 0 Å². The van der Waals surface area contributed by atoms with Gasteiger partial charge in [-0.15, -0.1) is 0 Å². The van der Waals surface area contributed by atoms with Gasteiger partial charge < -0.3 is 4.90 Å². The van der Waals surface area contributed by atoms with E-state index < -0.39 is 0 Å². The number of aromatic nitrogens is 2. The van der Waals surface area contributed by atoms with Gasteiger partial charge in [-0.05, 0) is 13.0 Å². The minimum Gasteiger partial charge on any atom is -0.302 e. The molecule has 0 radical (unpaired) electrons. The molecular formula is C14H23N3. The van der Waals surface area contributed by atoms with Crippen LogP contribution in [0.15, 0.2) is 0 Å². The number of fused-ring (bicyclic) bond motifs is 1. The van der Waals surface area contributed by atoms with Crippen LogP contribution in [0.3, 0.4) is 0 Å². The van der Waals surface area contributed by atoms with Crippen LogP contribution in [-0.4, -0.2) is 28.5 Å². The second-order valence-electron chi connectivity index (χ2n) is 5.69. The minimum atomic E-state index is 0.414. The van der Waals surface area contributed by atoms with Crippen molar-refractivity contribution in [3.05, 3.63) is 22.8 Å². The molecule has 3 heteroatoms. The van der Waals surface area contributed by atoms with E-state index in [2.05, 4.69) is 39.6 Å². The summed E-state index contributed by atoms with van der Waals surface area (Å²) in [6.45, 7) is 10.9. The predicted molar refractivity (Wildman–Crippen MR) is 70.2 cm³/mol. The minimum absolute atomic E-state index is 0.414. The maximum absolute atomic E-state index is 4.78. The molecule has 2 rings (SSSR count). The van der Waals surface area contributed by atoms with Crippen LogP contribution >= 0.6 is 0 Å². The third kappa shape index (κ3) is 2.49. The van der Waals surface area contributed by atoms with Crippen LogP contribution in [0.1, 0.15) is 62.3 Å². The van der Waals surface area contributed by atoms with Crippen LogP contribution in [0.25, 0.3) is 0 Å². The summed E-state index contributed by atoms with van der Waals surface area (Å²) in [6.07, 6.45) is 1.06. The topological polar surface area (TPSA) is 29.0 Å². The third-order valence-corrected chi connectivity index (χ3v) is 3.36. The van der Waals surface area contributed by atoms with Crippen molar-refractivity contribution in [3.8, 4) is 0 Å². The number of nitrogens with zero attached hydrogens (tertiary/aromatic N) is 3. The number of likely N-dealkylation sites (N-methyl/N-ethyl adjacent to an activating group) is 1. The summed E-state index contributed by atoms with van der Waals surface area (Å²) < 4.78 is 0. The van der Waals surface area contributed by atoms with E-state index in [1.54, 1.807) is 0 Å². The lowest BCUT2D eigenvalue weighted by Crippen LogP contribution is -2.29. The lowest BCUT2D eigenvalue weighted by atomic mass is 9.97. The SMILES string of the molecule is CC(C)c1nc2c(c(C(C)C)n1)CN(C)CC2. The van der Waals surface area contributed by atoms with Gasteiger partial charge in [0.15, 0.2) is 0 Å². The highest BCUT2D eigenvalue weighted by molar-refractivity contribution is 5.30. The van der Waals surface area contributed by atoms with Crippen LogP contribution in [0, 0.1) is 0 Å². The molecule has 0 saturated heterocycles. The van der Waals surface area contributed by atoms with E-state index in [0.29, 0.717) is 11.8 Å². The van der Waals surface area contributed by atoms with Gasteiger partial charge in [-0.25, -0.2) is 9.97 Å². The number of rotatable bonds is 2. The quantitative estimate of drug-likeness (QED) is 0.786. The molecule has 0 N–H and O–H groups in total. The van der Waals surface area contributed by atoms with Crippen LogP contribution in [-0.2, 0) is 13.0 Å². The van der Waals surface area contributed by atoms with Gasteiger partial charge in [-0.2, -0.15) is 0 Å². The Hall–Kier alpha value is -0.960. The summed E-state index contributed by atoms with van der Waals surface area (Å²) in [5, 5.41) is 0. The number of hydrogen-bond donors (Lipinski definition) is 0. The fourth-order valence-corrected chi connectivity index (χ4v) is 2.33. The van der Waals surface area contributed by atoms with E-state index in [-0.39, 0.29) is 0 Å². The zero-order valence-electron chi connectivity index (χ0n) is 11.6. The van der Waals surface area contributed by atoms with Crippen molar-refractivity contribution in [1.29, 1.82) is 0 Å². The molecule has 0 saturated carbocycles. The zero-order chi connectivity index (χ0) is 12.6. The van der Waals surface area contributed by atoms with Crippen molar-refractivity contribution in [2.45, 2.75) is 52.5 Å². The predicted octanol–water partition coefficient (Wildman–Crippen LogP) is 2.71. The van der Waals surface area contributed by atoms with Gasteiger partial charge in [0.1, 0.15) is 5.82 Å². The first-order chi connectivity index (χ1) is 7.99.